The largest absolute Gasteiger partial charge is 0.493 e. The van der Waals surface area contributed by atoms with Gasteiger partial charge in [-0.15, -0.1) is 23.1 Å². The molecule has 8 nitrogen and oxygen atoms in total. The number of amides is 1. The first-order valence-electron chi connectivity index (χ1n) is 8.81. The molecule has 0 radical (unpaired) electrons. The highest BCUT2D eigenvalue weighted by Gasteiger charge is 2.17. The maximum atomic E-state index is 12.5. The number of non-ortho nitro benzene ring substituents is 1. The van der Waals surface area contributed by atoms with Crippen molar-refractivity contribution in [1.82, 2.24) is 4.98 Å². The molecule has 1 aromatic heterocycles. The third kappa shape index (κ3) is 5.08. The number of nitrogens with one attached hydrogen (secondary N) is 1. The second kappa shape index (κ2) is 9.59. The molecule has 1 heterocycles. The van der Waals surface area contributed by atoms with Crippen molar-refractivity contribution >= 4 is 39.8 Å². The van der Waals surface area contributed by atoms with Crippen LogP contribution in [0.1, 0.15) is 6.92 Å². The second-order valence-corrected chi connectivity index (χ2v) is 8.38. The molecule has 0 aliphatic rings. The third-order valence-electron chi connectivity index (χ3n) is 4.14. The van der Waals surface area contributed by atoms with Crippen molar-refractivity contribution in [2.45, 2.75) is 17.1 Å². The Bertz CT molecular complexity index is 1050. The monoisotopic (exact) mass is 445 g/mol. The molecule has 0 aliphatic carbocycles. The van der Waals surface area contributed by atoms with Crippen LogP contribution in [0.2, 0.25) is 0 Å². The molecule has 1 amide bonds. The molecule has 0 spiro atoms. The maximum Gasteiger partial charge on any atom is 0.269 e. The van der Waals surface area contributed by atoms with Gasteiger partial charge in [0.15, 0.2) is 16.6 Å². The summed E-state index contributed by atoms with van der Waals surface area (Å²) in [6.07, 6.45) is 0. The Kier molecular flexibility index (Phi) is 6.91. The predicted molar refractivity (Wildman–Crippen MR) is 118 cm³/mol. The first-order valence-corrected chi connectivity index (χ1v) is 10.6. The number of hydrogen-bond acceptors (Lipinski definition) is 8. The van der Waals surface area contributed by atoms with Gasteiger partial charge < -0.3 is 14.8 Å². The summed E-state index contributed by atoms with van der Waals surface area (Å²) in [7, 11) is 3.14. The van der Waals surface area contributed by atoms with Gasteiger partial charge >= 0.3 is 0 Å². The summed E-state index contributed by atoms with van der Waals surface area (Å²) < 4.78 is 10.6. The molecular formula is C20H19N3O5S2. The van der Waals surface area contributed by atoms with E-state index in [-0.39, 0.29) is 11.6 Å². The normalized spacial score (nSPS) is 11.6. The number of hydrogen-bond donors (Lipinski definition) is 1. The van der Waals surface area contributed by atoms with E-state index in [2.05, 4.69) is 10.3 Å². The molecule has 0 saturated heterocycles. The Labute approximate surface area is 181 Å². The van der Waals surface area contributed by atoms with E-state index in [9.17, 15) is 14.9 Å². The number of carbonyl (C=O) groups excluding carboxylic acids is 1. The number of nitrogens with zero attached hydrogens (tertiary/aromatic N) is 2. The number of nitro benzene ring substituents is 1. The number of benzene rings is 2. The van der Waals surface area contributed by atoms with Crippen LogP contribution in [0.15, 0.2) is 52.7 Å². The number of carbonyl (C=O) groups is 1. The summed E-state index contributed by atoms with van der Waals surface area (Å²) in [5.74, 6) is 1.02. The van der Waals surface area contributed by atoms with Crippen molar-refractivity contribution in [3.8, 4) is 22.8 Å². The smallest absolute Gasteiger partial charge is 0.269 e. The molecule has 0 fully saturated rings. The van der Waals surface area contributed by atoms with Gasteiger partial charge in [0.1, 0.15) is 0 Å². The molecule has 0 saturated carbocycles. The summed E-state index contributed by atoms with van der Waals surface area (Å²) in [6.45, 7) is 1.77. The highest BCUT2D eigenvalue weighted by molar-refractivity contribution is 8.00. The van der Waals surface area contributed by atoms with Crippen LogP contribution in [0, 0.1) is 10.1 Å². The topological polar surface area (TPSA) is 104 Å². The van der Waals surface area contributed by atoms with E-state index >= 15 is 0 Å². The van der Waals surface area contributed by atoms with Gasteiger partial charge in [-0.25, -0.2) is 4.98 Å². The highest BCUT2D eigenvalue weighted by Crippen LogP contribution is 2.34. The molecule has 0 bridgehead atoms. The number of thiazole rings is 1. The number of aromatic nitrogens is 1. The number of methoxy groups -OCH3 is 2. The number of rotatable bonds is 8. The fourth-order valence-electron chi connectivity index (χ4n) is 2.57. The predicted octanol–water partition coefficient (Wildman–Crippen LogP) is 4.85. The van der Waals surface area contributed by atoms with Gasteiger partial charge in [0.05, 0.1) is 30.1 Å². The summed E-state index contributed by atoms with van der Waals surface area (Å²) in [4.78, 5) is 28.0. The quantitative estimate of drug-likeness (QED) is 0.300. The highest BCUT2D eigenvalue weighted by atomic mass is 32.2. The van der Waals surface area contributed by atoms with Gasteiger partial charge in [0.2, 0.25) is 5.91 Å². The minimum atomic E-state index is -0.455. The Morgan fingerprint density at radius 3 is 2.50 bits per heavy atom. The third-order valence-corrected chi connectivity index (χ3v) is 6.01. The lowest BCUT2D eigenvalue weighted by molar-refractivity contribution is -0.384. The number of thioether (sulfide) groups is 1. The molecule has 1 atom stereocenters. The second-order valence-electron chi connectivity index (χ2n) is 6.11. The molecule has 3 rings (SSSR count). The number of ether oxygens (including phenoxy) is 2. The van der Waals surface area contributed by atoms with Crippen molar-refractivity contribution < 1.29 is 19.2 Å². The van der Waals surface area contributed by atoms with Crippen LogP contribution < -0.4 is 14.8 Å². The van der Waals surface area contributed by atoms with Crippen molar-refractivity contribution in [2.75, 3.05) is 19.5 Å². The SMILES string of the molecule is COc1ccc(-c2csc(NC(=O)C(C)Sc3ccc([N+](=O)[O-])cc3)n2)cc1OC. The van der Waals surface area contributed by atoms with Gasteiger partial charge in [-0.05, 0) is 37.3 Å². The molecule has 2 aromatic carbocycles. The zero-order valence-corrected chi connectivity index (χ0v) is 18.1. The van der Waals surface area contributed by atoms with Crippen molar-refractivity contribution in [1.29, 1.82) is 0 Å². The molecule has 156 valence electrons. The summed E-state index contributed by atoms with van der Waals surface area (Å²) in [6, 6.07) is 11.6. The van der Waals surface area contributed by atoms with Crippen LogP contribution in [-0.2, 0) is 4.79 Å². The molecular weight excluding hydrogens is 426 g/mol. The fraction of sp³-hybridized carbons (Fsp3) is 0.200. The van der Waals surface area contributed by atoms with E-state index in [0.717, 1.165) is 10.5 Å². The van der Waals surface area contributed by atoms with E-state index in [1.807, 2.05) is 17.5 Å². The maximum absolute atomic E-state index is 12.5. The molecule has 1 unspecified atom stereocenters. The van der Waals surface area contributed by atoms with Gasteiger partial charge in [0.25, 0.3) is 5.69 Å². The minimum absolute atomic E-state index is 0.0157. The lowest BCUT2D eigenvalue weighted by Gasteiger charge is -2.10. The van der Waals surface area contributed by atoms with Crippen LogP contribution in [0.4, 0.5) is 10.8 Å². The summed E-state index contributed by atoms with van der Waals surface area (Å²) >= 11 is 2.64. The Hall–Kier alpha value is -3.11. The van der Waals surface area contributed by atoms with Gasteiger partial charge in [-0.3, -0.25) is 14.9 Å². The van der Waals surface area contributed by atoms with E-state index in [1.54, 1.807) is 39.3 Å². The average Bonchev–Trinajstić information content (AvgIpc) is 3.22. The van der Waals surface area contributed by atoms with Crippen LogP contribution in [-0.4, -0.2) is 35.3 Å². The van der Waals surface area contributed by atoms with Crippen LogP contribution in [0.25, 0.3) is 11.3 Å². The van der Waals surface area contributed by atoms with E-state index < -0.39 is 10.2 Å². The van der Waals surface area contributed by atoms with Crippen molar-refractivity contribution in [2.24, 2.45) is 0 Å². The van der Waals surface area contributed by atoms with Gasteiger partial charge in [-0.2, -0.15) is 0 Å². The van der Waals surface area contributed by atoms with Crippen LogP contribution in [0.3, 0.4) is 0 Å². The van der Waals surface area contributed by atoms with Crippen molar-refractivity contribution in [3.63, 3.8) is 0 Å². The lowest BCUT2D eigenvalue weighted by atomic mass is 10.1. The zero-order valence-electron chi connectivity index (χ0n) is 16.4. The van der Waals surface area contributed by atoms with Crippen LogP contribution >= 0.6 is 23.1 Å². The summed E-state index contributed by atoms with van der Waals surface area (Å²) in [5.41, 5.74) is 1.58. The zero-order chi connectivity index (χ0) is 21.7. The van der Waals surface area contributed by atoms with Crippen molar-refractivity contribution in [3.05, 3.63) is 58.0 Å². The molecule has 3 aromatic rings. The van der Waals surface area contributed by atoms with E-state index in [0.29, 0.717) is 22.3 Å². The fourth-order valence-corrected chi connectivity index (χ4v) is 4.16. The van der Waals surface area contributed by atoms with Crippen LogP contribution in [0.5, 0.6) is 11.5 Å². The number of anilines is 1. The summed E-state index contributed by atoms with van der Waals surface area (Å²) in [5, 5.41) is 15.5. The standard InChI is InChI=1S/C20H19N3O5S2/c1-12(30-15-7-5-14(6-8-15)23(25)26)19(24)22-20-21-16(11-29-20)13-4-9-17(27-2)18(10-13)28-3/h4-12H,1-3H3,(H,21,22,24). The molecule has 0 aliphatic heterocycles. The van der Waals surface area contributed by atoms with Gasteiger partial charge in [-0.1, -0.05) is 0 Å². The lowest BCUT2D eigenvalue weighted by Crippen LogP contribution is -2.22. The average molecular weight is 446 g/mol. The Morgan fingerprint density at radius 1 is 1.17 bits per heavy atom. The van der Waals surface area contributed by atoms with Gasteiger partial charge in [0, 0.05) is 28.0 Å². The molecule has 30 heavy (non-hydrogen) atoms. The van der Waals surface area contributed by atoms with E-state index in [1.165, 1.54) is 35.2 Å². The Morgan fingerprint density at radius 2 is 1.87 bits per heavy atom. The first-order chi connectivity index (χ1) is 14.4. The number of nitro groups is 1. The Balaban J connectivity index is 1.65. The minimum Gasteiger partial charge on any atom is -0.493 e. The molecule has 10 heteroatoms. The van der Waals surface area contributed by atoms with E-state index in [4.69, 9.17) is 9.47 Å². The molecule has 1 N–H and O–H groups in total. The first kappa shape index (κ1) is 21.6.